The number of ether oxygens (including phenoxy) is 2. The maximum atomic E-state index is 14.0. The third-order valence-electron chi connectivity index (χ3n) is 10.1. The molecule has 2 aliphatic rings. The molecule has 0 bridgehead atoms. The molecule has 1 aliphatic carbocycles. The number of carbonyl (C=O) groups is 2. The van der Waals surface area contributed by atoms with Crippen molar-refractivity contribution in [3.8, 4) is 6.07 Å². The van der Waals surface area contributed by atoms with Gasteiger partial charge in [0.05, 0.1) is 24.9 Å². The van der Waals surface area contributed by atoms with E-state index in [1.165, 1.54) is 0 Å². The number of hydrogen-bond acceptors (Lipinski definition) is 6. The Bertz CT molecular complexity index is 1370. The fourth-order valence-electron chi connectivity index (χ4n) is 7.05. The molecule has 7 atom stereocenters. The first-order chi connectivity index (χ1) is 22.7. The molecule has 1 amide bonds. The van der Waals surface area contributed by atoms with Crippen molar-refractivity contribution in [2.45, 2.75) is 105 Å². The fraction of sp³-hybridized carbons (Fsp3) is 0.585. The number of carbonyl (C=O) groups excluding carboxylic acids is 2. The van der Waals surface area contributed by atoms with Gasteiger partial charge in [-0.3, -0.25) is 9.59 Å². The van der Waals surface area contributed by atoms with Crippen molar-refractivity contribution in [3.63, 3.8) is 0 Å². The van der Waals surface area contributed by atoms with Crippen LogP contribution in [0.25, 0.3) is 0 Å². The molecule has 0 radical (unpaired) electrons. The Morgan fingerprint density at radius 3 is 2.50 bits per heavy atom. The Morgan fingerprint density at radius 2 is 1.88 bits per heavy atom. The van der Waals surface area contributed by atoms with E-state index in [-0.39, 0.29) is 46.7 Å². The van der Waals surface area contributed by atoms with Crippen molar-refractivity contribution in [3.05, 3.63) is 84.0 Å². The van der Waals surface area contributed by atoms with Crippen LogP contribution in [-0.2, 0) is 25.5 Å². The lowest BCUT2D eigenvalue weighted by atomic mass is 9.75. The standard InChI is InChI=1S/C41H59N3O4/c1-27(2)20-39-37(45)22-34(31(6)35(25-42)21-33-15-11-10-12-16-33)17-13-14-30(5)44-36(40(46)43-26-29(4)32(7)48-39)24-41(8)19-18-38(47-9)28(3)23-41/h10-12,15-16,18,23,27,29,31,34-36,39,44H,5,7,13-14,17,19-22,24,26H2,1-4,6,8-9H3,(H,43,46)/t29?,31?,34-,35?,36-,39?,41?/m1/s1. The van der Waals surface area contributed by atoms with E-state index in [0.717, 1.165) is 41.9 Å². The summed E-state index contributed by atoms with van der Waals surface area (Å²) < 4.78 is 11.8. The van der Waals surface area contributed by atoms with Crippen LogP contribution >= 0.6 is 0 Å². The third-order valence-corrected chi connectivity index (χ3v) is 10.1. The van der Waals surface area contributed by atoms with E-state index in [0.29, 0.717) is 44.4 Å². The smallest absolute Gasteiger partial charge is 0.242 e. The monoisotopic (exact) mass is 657 g/mol. The van der Waals surface area contributed by atoms with E-state index in [9.17, 15) is 14.9 Å². The molecule has 48 heavy (non-hydrogen) atoms. The Kier molecular flexibility index (Phi) is 14.6. The van der Waals surface area contributed by atoms with Gasteiger partial charge in [-0.2, -0.15) is 5.26 Å². The first kappa shape index (κ1) is 38.7. The summed E-state index contributed by atoms with van der Waals surface area (Å²) in [5, 5.41) is 16.9. The van der Waals surface area contributed by atoms with Crippen LogP contribution in [0.1, 0.15) is 92.1 Å². The molecule has 1 fully saturated rings. The summed E-state index contributed by atoms with van der Waals surface area (Å²) >= 11 is 0. The van der Waals surface area contributed by atoms with E-state index in [1.54, 1.807) is 7.11 Å². The molecule has 7 nitrogen and oxygen atoms in total. The number of rotatable bonds is 9. The van der Waals surface area contributed by atoms with Crippen molar-refractivity contribution < 1.29 is 19.1 Å². The highest BCUT2D eigenvalue weighted by Crippen LogP contribution is 2.38. The number of nitrogens with zero attached hydrogens (tertiary/aromatic N) is 1. The summed E-state index contributed by atoms with van der Waals surface area (Å²) in [5.41, 5.74) is 2.74. The van der Waals surface area contributed by atoms with Crippen molar-refractivity contribution in [1.29, 1.82) is 5.26 Å². The van der Waals surface area contributed by atoms with Gasteiger partial charge in [-0.1, -0.05) is 84.2 Å². The van der Waals surface area contributed by atoms with Gasteiger partial charge in [0.25, 0.3) is 0 Å². The quantitative estimate of drug-likeness (QED) is 0.278. The number of amides is 1. The molecule has 0 spiro atoms. The molecular weight excluding hydrogens is 598 g/mol. The maximum absolute atomic E-state index is 14.0. The third kappa shape index (κ3) is 11.4. The van der Waals surface area contributed by atoms with Gasteiger partial charge in [-0.25, -0.2) is 0 Å². The molecule has 262 valence electrons. The predicted molar refractivity (Wildman–Crippen MR) is 193 cm³/mol. The molecule has 1 aromatic carbocycles. The second kappa shape index (κ2) is 18.1. The summed E-state index contributed by atoms with van der Waals surface area (Å²) in [7, 11) is 1.68. The summed E-state index contributed by atoms with van der Waals surface area (Å²) in [5.74, 6) is 1.12. The summed E-state index contributed by atoms with van der Waals surface area (Å²) in [6.45, 7) is 21.3. The highest BCUT2D eigenvalue weighted by Gasteiger charge is 2.34. The van der Waals surface area contributed by atoms with Crippen molar-refractivity contribution in [2.75, 3.05) is 13.7 Å². The molecule has 0 saturated carbocycles. The molecule has 0 aromatic heterocycles. The lowest BCUT2D eigenvalue weighted by molar-refractivity contribution is -0.131. The lowest BCUT2D eigenvalue weighted by Crippen LogP contribution is -2.47. The zero-order chi connectivity index (χ0) is 35.4. The number of benzene rings is 1. The molecule has 5 unspecified atom stereocenters. The number of ketones is 1. The zero-order valence-electron chi connectivity index (χ0n) is 30.4. The normalized spacial score (nSPS) is 27.8. The van der Waals surface area contributed by atoms with E-state index in [1.807, 2.05) is 32.0 Å². The largest absolute Gasteiger partial charge is 0.497 e. The average molecular weight is 658 g/mol. The summed E-state index contributed by atoms with van der Waals surface area (Å²) in [4.78, 5) is 27.7. The van der Waals surface area contributed by atoms with Gasteiger partial charge < -0.3 is 20.1 Å². The minimum atomic E-state index is -0.622. The predicted octanol–water partition coefficient (Wildman–Crippen LogP) is 8.21. The molecule has 2 N–H and O–H groups in total. The second-order valence-corrected chi connectivity index (χ2v) is 14.9. The van der Waals surface area contributed by atoms with Gasteiger partial charge in [0, 0.05) is 24.6 Å². The number of nitriles is 1. The highest BCUT2D eigenvalue weighted by molar-refractivity contribution is 5.83. The van der Waals surface area contributed by atoms with Crippen LogP contribution < -0.4 is 10.6 Å². The van der Waals surface area contributed by atoms with Crippen LogP contribution in [0.15, 0.2) is 78.4 Å². The van der Waals surface area contributed by atoms with Crippen molar-refractivity contribution >= 4 is 11.7 Å². The summed E-state index contributed by atoms with van der Waals surface area (Å²) in [6.07, 6.45) is 8.80. The van der Waals surface area contributed by atoms with E-state index < -0.39 is 12.1 Å². The Hall–Kier alpha value is -3.79. The number of Topliss-reactive ketones (excluding diaryl/α,β-unsaturated/α-hetero) is 1. The number of nitrogens with one attached hydrogen (secondary N) is 2. The highest BCUT2D eigenvalue weighted by atomic mass is 16.5. The van der Waals surface area contributed by atoms with Gasteiger partial charge in [0.1, 0.15) is 11.8 Å². The minimum absolute atomic E-state index is 0.00839. The van der Waals surface area contributed by atoms with E-state index >= 15 is 0 Å². The van der Waals surface area contributed by atoms with Crippen molar-refractivity contribution in [1.82, 2.24) is 10.6 Å². The first-order valence-corrected chi connectivity index (χ1v) is 17.7. The van der Waals surface area contributed by atoms with Gasteiger partial charge in [0.15, 0.2) is 11.9 Å². The van der Waals surface area contributed by atoms with E-state index in [4.69, 9.17) is 9.47 Å². The van der Waals surface area contributed by atoms with Crippen LogP contribution in [0.4, 0.5) is 0 Å². The number of methoxy groups -OCH3 is 1. The molecule has 3 rings (SSSR count). The van der Waals surface area contributed by atoms with Crippen molar-refractivity contribution in [2.24, 2.45) is 35.0 Å². The fourth-order valence-corrected chi connectivity index (χ4v) is 7.05. The summed E-state index contributed by atoms with van der Waals surface area (Å²) in [6, 6.07) is 12.2. The van der Waals surface area contributed by atoms with Crippen LogP contribution in [0.2, 0.25) is 0 Å². The van der Waals surface area contributed by atoms with E-state index in [2.05, 4.69) is 81.8 Å². The van der Waals surface area contributed by atoms with Crippen LogP contribution in [0.3, 0.4) is 0 Å². The molecule has 7 heteroatoms. The number of allylic oxidation sites excluding steroid dienone is 4. The lowest BCUT2D eigenvalue weighted by Gasteiger charge is -2.34. The minimum Gasteiger partial charge on any atom is -0.497 e. The molecule has 1 heterocycles. The second-order valence-electron chi connectivity index (χ2n) is 14.9. The molecule has 1 aliphatic heterocycles. The Labute approximate surface area is 289 Å². The molecular formula is C41H59N3O4. The van der Waals surface area contributed by atoms with Crippen LogP contribution in [0.5, 0.6) is 0 Å². The Morgan fingerprint density at radius 1 is 1.17 bits per heavy atom. The van der Waals surface area contributed by atoms with Crippen LogP contribution in [0, 0.1) is 46.3 Å². The van der Waals surface area contributed by atoms with Gasteiger partial charge >= 0.3 is 0 Å². The molecule has 1 saturated heterocycles. The average Bonchev–Trinajstić information content (AvgIpc) is 3.04. The SMILES string of the molecule is C=C1CCC[C@@H](C(C)C(C#N)Cc2ccccc2)CC(=O)C(CC(C)C)OC(=C)C(C)CNC(=O)[C@@H](CC2(C)C=C(C)C(OC)=CC2)N1. The number of hydrogen-bond donors (Lipinski definition) is 2. The van der Waals surface area contributed by atoms with Gasteiger partial charge in [-0.05, 0) is 92.3 Å². The van der Waals surface area contributed by atoms with Crippen LogP contribution in [-0.4, -0.2) is 37.5 Å². The van der Waals surface area contributed by atoms with Gasteiger partial charge in [0.2, 0.25) is 5.91 Å². The zero-order valence-corrected chi connectivity index (χ0v) is 30.4. The topological polar surface area (TPSA) is 100 Å². The van der Waals surface area contributed by atoms with Gasteiger partial charge in [-0.15, -0.1) is 0 Å². The first-order valence-electron chi connectivity index (χ1n) is 17.7. The Balaban J connectivity index is 1.88. The maximum Gasteiger partial charge on any atom is 0.242 e. The molecule has 1 aromatic rings.